The van der Waals surface area contributed by atoms with Crippen molar-refractivity contribution in [1.29, 1.82) is 0 Å². The molecule has 0 atom stereocenters. The minimum atomic E-state index is -0.999. The second-order valence-corrected chi connectivity index (χ2v) is 3.72. The van der Waals surface area contributed by atoms with Crippen LogP contribution in [0.2, 0.25) is 5.02 Å². The van der Waals surface area contributed by atoms with E-state index in [0.29, 0.717) is 17.8 Å². The van der Waals surface area contributed by atoms with Crippen molar-refractivity contribution >= 4 is 23.3 Å². The van der Waals surface area contributed by atoms with E-state index in [1.54, 1.807) is 13.0 Å². The molecule has 0 unspecified atom stereocenters. The zero-order chi connectivity index (χ0) is 12.1. The highest BCUT2D eigenvalue weighted by atomic mass is 35.5. The Kier molecular flexibility index (Phi) is 4.31. The lowest BCUT2D eigenvalue weighted by Gasteiger charge is -2.06. The van der Waals surface area contributed by atoms with Gasteiger partial charge in [-0.25, -0.2) is 9.18 Å². The van der Waals surface area contributed by atoms with Gasteiger partial charge in [-0.15, -0.1) is 0 Å². The molecule has 1 aromatic rings. The van der Waals surface area contributed by atoms with Gasteiger partial charge < -0.3 is 10.4 Å². The van der Waals surface area contributed by atoms with Gasteiger partial charge >= 0.3 is 5.97 Å². The minimum Gasteiger partial charge on any atom is -0.478 e. The van der Waals surface area contributed by atoms with E-state index >= 15 is 0 Å². The molecule has 16 heavy (non-hydrogen) atoms. The summed E-state index contributed by atoms with van der Waals surface area (Å²) in [6.45, 7) is 2.01. The number of nitrogens with one attached hydrogen (secondary N) is 1. The predicted molar refractivity (Wildman–Crippen MR) is 61.3 cm³/mol. The lowest BCUT2D eigenvalue weighted by atomic mass is 10.2. The molecule has 0 aliphatic carbocycles. The molecule has 0 amide bonds. The maximum absolute atomic E-state index is 13.0. The monoisotopic (exact) mass is 243 g/mol. The number of hydrogen-bond acceptors (Lipinski definition) is 2. The lowest BCUT2D eigenvalue weighted by Crippen LogP contribution is -2.04. The first kappa shape index (κ1) is 12.5. The molecule has 0 spiro atoms. The zero-order valence-electron chi connectivity index (χ0n) is 8.63. The second kappa shape index (κ2) is 5.51. The highest BCUT2D eigenvalue weighted by molar-refractivity contribution is 6.30. The highest BCUT2D eigenvalue weighted by Gasteiger charge is 2.01. The summed E-state index contributed by atoms with van der Waals surface area (Å²) in [5.41, 5.74) is 1.20. The molecule has 0 saturated carbocycles. The molecule has 0 saturated heterocycles. The van der Waals surface area contributed by atoms with Crippen molar-refractivity contribution in [3.8, 4) is 0 Å². The summed E-state index contributed by atoms with van der Waals surface area (Å²) in [5, 5.41) is 11.4. The molecule has 86 valence electrons. The number of carbonyl (C=O) groups is 1. The Hall–Kier alpha value is -1.55. The van der Waals surface area contributed by atoms with E-state index in [4.69, 9.17) is 16.7 Å². The normalized spacial score (nSPS) is 11.3. The van der Waals surface area contributed by atoms with Crippen LogP contribution < -0.4 is 5.32 Å². The third kappa shape index (κ3) is 3.90. The van der Waals surface area contributed by atoms with Gasteiger partial charge in [0.1, 0.15) is 5.82 Å². The van der Waals surface area contributed by atoms with E-state index in [0.717, 1.165) is 6.08 Å². The van der Waals surface area contributed by atoms with Gasteiger partial charge in [0.05, 0.1) is 5.02 Å². The van der Waals surface area contributed by atoms with Gasteiger partial charge in [-0.05, 0) is 30.7 Å². The van der Waals surface area contributed by atoms with Crippen LogP contribution in [0.5, 0.6) is 0 Å². The number of hydrogen-bond donors (Lipinski definition) is 2. The number of rotatable bonds is 4. The van der Waals surface area contributed by atoms with Crippen LogP contribution in [-0.4, -0.2) is 17.6 Å². The van der Waals surface area contributed by atoms with E-state index in [1.165, 1.54) is 12.1 Å². The number of halogens is 2. The fraction of sp³-hybridized carbons (Fsp3) is 0.182. The molecule has 3 nitrogen and oxygen atoms in total. The van der Waals surface area contributed by atoms with Crippen LogP contribution in [-0.2, 0) is 4.79 Å². The first-order chi connectivity index (χ1) is 7.49. The Morgan fingerprint density at radius 2 is 2.31 bits per heavy atom. The van der Waals surface area contributed by atoms with Gasteiger partial charge in [0, 0.05) is 18.3 Å². The van der Waals surface area contributed by atoms with Crippen LogP contribution in [0.15, 0.2) is 29.8 Å². The van der Waals surface area contributed by atoms with E-state index in [-0.39, 0.29) is 5.02 Å². The van der Waals surface area contributed by atoms with Crippen molar-refractivity contribution in [3.05, 3.63) is 40.7 Å². The molecule has 0 aliphatic heterocycles. The molecule has 0 heterocycles. The Labute approximate surface area is 97.5 Å². The first-order valence-corrected chi connectivity index (χ1v) is 4.96. The molecule has 0 fully saturated rings. The minimum absolute atomic E-state index is 0.0587. The maximum Gasteiger partial charge on any atom is 0.328 e. The summed E-state index contributed by atoms with van der Waals surface area (Å²) in [5.74, 6) is -1.51. The fourth-order valence-corrected chi connectivity index (χ4v) is 1.23. The number of carboxylic acids is 1. The van der Waals surface area contributed by atoms with Gasteiger partial charge in [0.15, 0.2) is 0 Å². The molecular weight excluding hydrogens is 233 g/mol. The van der Waals surface area contributed by atoms with Gasteiger partial charge in [0.25, 0.3) is 0 Å². The van der Waals surface area contributed by atoms with E-state index in [1.807, 2.05) is 0 Å². The highest BCUT2D eigenvalue weighted by Crippen LogP contribution is 2.18. The molecule has 2 N–H and O–H groups in total. The largest absolute Gasteiger partial charge is 0.478 e. The van der Waals surface area contributed by atoms with Crippen molar-refractivity contribution in [3.63, 3.8) is 0 Å². The molecule has 5 heteroatoms. The van der Waals surface area contributed by atoms with Crippen LogP contribution in [0, 0.1) is 5.82 Å². The van der Waals surface area contributed by atoms with E-state index in [2.05, 4.69) is 5.32 Å². The summed E-state index contributed by atoms with van der Waals surface area (Å²) >= 11 is 5.52. The SMILES string of the molecule is C/C(=C/C(=O)O)CNc1ccc(Cl)c(F)c1. The van der Waals surface area contributed by atoms with Crippen LogP contribution in [0.3, 0.4) is 0 Å². The number of anilines is 1. The molecule has 0 aliphatic rings. The number of aliphatic carboxylic acids is 1. The van der Waals surface area contributed by atoms with Crippen molar-refractivity contribution in [2.45, 2.75) is 6.92 Å². The van der Waals surface area contributed by atoms with Crippen LogP contribution in [0.25, 0.3) is 0 Å². The third-order valence-electron chi connectivity index (χ3n) is 1.86. The van der Waals surface area contributed by atoms with Crippen molar-refractivity contribution in [1.82, 2.24) is 0 Å². The van der Waals surface area contributed by atoms with Crippen LogP contribution >= 0.6 is 11.6 Å². The molecule has 0 aromatic heterocycles. The van der Waals surface area contributed by atoms with Gasteiger partial charge in [-0.3, -0.25) is 0 Å². The maximum atomic E-state index is 13.0. The topological polar surface area (TPSA) is 49.3 Å². The Morgan fingerprint density at radius 3 is 2.88 bits per heavy atom. The predicted octanol–water partition coefficient (Wildman–Crippen LogP) is 2.92. The van der Waals surface area contributed by atoms with E-state index < -0.39 is 11.8 Å². The average Bonchev–Trinajstić information content (AvgIpc) is 2.19. The fourth-order valence-electron chi connectivity index (χ4n) is 1.11. The number of carboxylic acid groups (broad SMARTS) is 1. The molecule has 1 rings (SSSR count). The van der Waals surface area contributed by atoms with Crippen LogP contribution in [0.4, 0.5) is 10.1 Å². The quantitative estimate of drug-likeness (QED) is 0.800. The standard InChI is InChI=1S/C11H11ClFNO2/c1-7(4-11(15)16)6-14-8-2-3-9(12)10(13)5-8/h2-5,14H,6H2,1H3,(H,15,16)/b7-4-. The third-order valence-corrected chi connectivity index (χ3v) is 2.17. The molecular formula is C11H11ClFNO2. The lowest BCUT2D eigenvalue weighted by molar-refractivity contribution is -0.131. The molecule has 0 radical (unpaired) electrons. The van der Waals surface area contributed by atoms with E-state index in [9.17, 15) is 9.18 Å². The van der Waals surface area contributed by atoms with Gasteiger partial charge in [-0.2, -0.15) is 0 Å². The number of benzene rings is 1. The summed E-state index contributed by atoms with van der Waals surface area (Å²) in [6, 6.07) is 4.32. The first-order valence-electron chi connectivity index (χ1n) is 4.58. The zero-order valence-corrected chi connectivity index (χ0v) is 9.38. The van der Waals surface area contributed by atoms with Gasteiger partial charge in [0.2, 0.25) is 0 Å². The Bertz CT molecular complexity index is 432. The molecule has 1 aromatic carbocycles. The Morgan fingerprint density at radius 1 is 1.62 bits per heavy atom. The van der Waals surface area contributed by atoms with Crippen molar-refractivity contribution in [2.75, 3.05) is 11.9 Å². The van der Waals surface area contributed by atoms with Gasteiger partial charge in [-0.1, -0.05) is 11.6 Å². The summed E-state index contributed by atoms with van der Waals surface area (Å²) < 4.78 is 13.0. The van der Waals surface area contributed by atoms with Crippen LogP contribution in [0.1, 0.15) is 6.92 Å². The second-order valence-electron chi connectivity index (χ2n) is 3.31. The summed E-state index contributed by atoms with van der Waals surface area (Å²) in [6.07, 6.45) is 1.10. The molecule has 0 bridgehead atoms. The smallest absolute Gasteiger partial charge is 0.328 e. The average molecular weight is 244 g/mol. The summed E-state index contributed by atoms with van der Waals surface area (Å²) in [7, 11) is 0. The van der Waals surface area contributed by atoms with Crippen molar-refractivity contribution in [2.24, 2.45) is 0 Å². The van der Waals surface area contributed by atoms with Crippen molar-refractivity contribution < 1.29 is 14.3 Å². The Balaban J connectivity index is 2.61. The summed E-state index contributed by atoms with van der Waals surface area (Å²) in [4.78, 5) is 10.3.